The van der Waals surface area contributed by atoms with E-state index in [0.717, 1.165) is 41.1 Å². The van der Waals surface area contributed by atoms with E-state index in [1.165, 1.54) is 0 Å². The molecule has 2 heterocycles. The van der Waals surface area contributed by atoms with Crippen molar-refractivity contribution in [3.05, 3.63) is 88.1 Å². The zero-order valence-corrected chi connectivity index (χ0v) is 25.4. The molecule has 0 saturated carbocycles. The Kier molecular flexibility index (Phi) is 9.32. The second-order valence-electron chi connectivity index (χ2n) is 10.6. The lowest BCUT2D eigenvalue weighted by Crippen LogP contribution is -2.32. The van der Waals surface area contributed by atoms with Gasteiger partial charge in [-0.15, -0.1) is 0 Å². The predicted molar refractivity (Wildman–Crippen MR) is 161 cm³/mol. The average Bonchev–Trinajstić information content (AvgIpc) is 3.43. The first-order chi connectivity index (χ1) is 19.5. The molecule has 41 heavy (non-hydrogen) atoms. The summed E-state index contributed by atoms with van der Waals surface area (Å²) in [7, 11) is -3.74. The standard InChI is InChI=1S/C31H39N5O4S/c1-7-11-28-33-27(8-2)29(30(37)32-20(3)4)36(28)18-23-14-16-24(17-15-23)26-13-10-9-12-25(26)19-41(38,39)35-31-21(5)22(6)34-40-31/h9-10,12-17,20,35H,7-8,11,18-19H2,1-6H3,(H,32,37). The number of nitrogens with zero attached hydrogens (tertiary/aromatic N) is 3. The second kappa shape index (κ2) is 12.7. The lowest BCUT2D eigenvalue weighted by Gasteiger charge is -2.15. The number of hydrogen-bond acceptors (Lipinski definition) is 6. The van der Waals surface area contributed by atoms with Crippen LogP contribution in [0.1, 0.15) is 78.5 Å². The van der Waals surface area contributed by atoms with Crippen molar-refractivity contribution in [1.29, 1.82) is 0 Å². The van der Waals surface area contributed by atoms with Crippen LogP contribution in [0.2, 0.25) is 0 Å². The average molecular weight is 578 g/mol. The highest BCUT2D eigenvalue weighted by Crippen LogP contribution is 2.28. The molecule has 4 aromatic rings. The summed E-state index contributed by atoms with van der Waals surface area (Å²) in [6.07, 6.45) is 2.38. The first-order valence-corrected chi connectivity index (χ1v) is 15.7. The summed E-state index contributed by atoms with van der Waals surface area (Å²) in [4.78, 5) is 18.0. The van der Waals surface area contributed by atoms with Crippen molar-refractivity contribution in [3.8, 4) is 11.1 Å². The molecule has 0 bridgehead atoms. The van der Waals surface area contributed by atoms with Gasteiger partial charge in [0.2, 0.25) is 15.9 Å². The van der Waals surface area contributed by atoms with Crippen LogP contribution in [0.25, 0.3) is 11.1 Å². The third-order valence-corrected chi connectivity index (χ3v) is 8.12. The topological polar surface area (TPSA) is 119 Å². The Morgan fingerprint density at radius 3 is 2.37 bits per heavy atom. The maximum Gasteiger partial charge on any atom is 0.270 e. The Balaban J connectivity index is 1.60. The van der Waals surface area contributed by atoms with Gasteiger partial charge in [0.25, 0.3) is 5.91 Å². The first-order valence-electron chi connectivity index (χ1n) is 14.0. The van der Waals surface area contributed by atoms with Gasteiger partial charge in [0.15, 0.2) is 0 Å². The molecule has 0 aliphatic carbocycles. The van der Waals surface area contributed by atoms with Crippen molar-refractivity contribution in [2.24, 2.45) is 0 Å². The Labute approximate surface area is 242 Å². The van der Waals surface area contributed by atoms with Crippen molar-refractivity contribution < 1.29 is 17.7 Å². The number of aryl methyl sites for hydroxylation is 3. The van der Waals surface area contributed by atoms with Gasteiger partial charge in [0, 0.05) is 24.6 Å². The van der Waals surface area contributed by atoms with Crippen LogP contribution < -0.4 is 10.0 Å². The minimum absolute atomic E-state index is 0.0208. The molecule has 0 unspecified atom stereocenters. The number of amides is 1. The zero-order valence-electron chi connectivity index (χ0n) is 24.6. The number of hydrogen-bond donors (Lipinski definition) is 2. The third kappa shape index (κ3) is 7.05. The number of anilines is 1. The lowest BCUT2D eigenvalue weighted by atomic mass is 9.99. The van der Waals surface area contributed by atoms with Gasteiger partial charge in [-0.05, 0) is 62.8 Å². The molecule has 10 heteroatoms. The van der Waals surface area contributed by atoms with Crippen LogP contribution in [-0.2, 0) is 35.2 Å². The van der Waals surface area contributed by atoms with E-state index in [1.54, 1.807) is 13.8 Å². The SMILES string of the molecule is CCCc1nc(CC)c(C(=O)NC(C)C)n1Cc1ccc(-c2ccccc2CS(=O)(=O)Nc2onc(C)c2C)cc1. The largest absolute Gasteiger partial charge is 0.349 e. The Morgan fingerprint density at radius 2 is 1.76 bits per heavy atom. The highest BCUT2D eigenvalue weighted by Gasteiger charge is 2.23. The third-order valence-electron chi connectivity index (χ3n) is 6.94. The fourth-order valence-corrected chi connectivity index (χ4v) is 5.97. The molecular formula is C31H39N5O4S. The van der Waals surface area contributed by atoms with Gasteiger partial charge in [0.1, 0.15) is 11.5 Å². The van der Waals surface area contributed by atoms with Gasteiger partial charge in [0.05, 0.1) is 17.1 Å². The van der Waals surface area contributed by atoms with Crippen molar-refractivity contribution in [2.75, 3.05) is 4.72 Å². The van der Waals surface area contributed by atoms with Crippen molar-refractivity contribution in [2.45, 2.75) is 79.1 Å². The quantitative estimate of drug-likeness (QED) is 0.220. The van der Waals surface area contributed by atoms with E-state index in [4.69, 9.17) is 9.51 Å². The second-order valence-corrected chi connectivity index (χ2v) is 12.3. The summed E-state index contributed by atoms with van der Waals surface area (Å²) < 4.78 is 35.7. The summed E-state index contributed by atoms with van der Waals surface area (Å²) >= 11 is 0. The van der Waals surface area contributed by atoms with Crippen LogP contribution >= 0.6 is 0 Å². The number of carbonyl (C=O) groups excluding carboxylic acids is 1. The molecular weight excluding hydrogens is 538 g/mol. The van der Waals surface area contributed by atoms with E-state index in [-0.39, 0.29) is 23.6 Å². The van der Waals surface area contributed by atoms with Crippen LogP contribution in [0.3, 0.4) is 0 Å². The number of rotatable bonds is 12. The molecule has 2 aromatic heterocycles. The molecule has 218 valence electrons. The molecule has 1 amide bonds. The van der Waals surface area contributed by atoms with Crippen LogP contribution in [0, 0.1) is 13.8 Å². The molecule has 2 aromatic carbocycles. The van der Waals surface area contributed by atoms with Crippen molar-refractivity contribution >= 4 is 21.8 Å². The summed E-state index contributed by atoms with van der Waals surface area (Å²) in [5.41, 5.74) is 6.14. The molecule has 0 aliphatic heterocycles. The highest BCUT2D eigenvalue weighted by molar-refractivity contribution is 7.91. The first kappa shape index (κ1) is 30.0. The van der Waals surface area contributed by atoms with E-state index in [1.807, 2.05) is 73.9 Å². The number of sulfonamides is 1. The Hall–Kier alpha value is -3.92. The van der Waals surface area contributed by atoms with Crippen LogP contribution in [-0.4, -0.2) is 35.1 Å². The van der Waals surface area contributed by atoms with Crippen molar-refractivity contribution in [3.63, 3.8) is 0 Å². The van der Waals surface area contributed by atoms with Gasteiger partial charge >= 0.3 is 0 Å². The van der Waals surface area contributed by atoms with Gasteiger partial charge in [-0.1, -0.05) is 67.5 Å². The highest BCUT2D eigenvalue weighted by atomic mass is 32.2. The Morgan fingerprint density at radius 1 is 1.05 bits per heavy atom. The summed E-state index contributed by atoms with van der Waals surface area (Å²) in [6, 6.07) is 15.5. The number of carbonyl (C=O) groups is 1. The van der Waals surface area contributed by atoms with Gasteiger partial charge < -0.3 is 14.4 Å². The van der Waals surface area contributed by atoms with Crippen molar-refractivity contribution in [1.82, 2.24) is 20.0 Å². The number of aromatic nitrogens is 3. The molecule has 0 radical (unpaired) electrons. The molecule has 0 saturated heterocycles. The Bertz CT molecular complexity index is 1620. The smallest absolute Gasteiger partial charge is 0.270 e. The van der Waals surface area contributed by atoms with E-state index in [2.05, 4.69) is 22.1 Å². The number of nitrogens with one attached hydrogen (secondary N) is 2. The molecule has 0 fully saturated rings. The van der Waals surface area contributed by atoms with Crippen LogP contribution in [0.4, 0.5) is 5.88 Å². The monoisotopic (exact) mass is 577 g/mol. The fraction of sp³-hybridized carbons (Fsp3) is 0.387. The summed E-state index contributed by atoms with van der Waals surface area (Å²) in [5, 5.41) is 6.86. The van der Waals surface area contributed by atoms with Crippen LogP contribution in [0.5, 0.6) is 0 Å². The van der Waals surface area contributed by atoms with Gasteiger partial charge in [-0.2, -0.15) is 0 Å². The minimum Gasteiger partial charge on any atom is -0.349 e. The molecule has 4 rings (SSSR count). The zero-order chi connectivity index (χ0) is 29.7. The number of imidazole rings is 1. The van der Waals surface area contributed by atoms with E-state index in [0.29, 0.717) is 35.5 Å². The molecule has 0 atom stereocenters. The molecule has 9 nitrogen and oxygen atoms in total. The maximum absolute atomic E-state index is 13.2. The minimum atomic E-state index is -3.74. The maximum atomic E-state index is 13.2. The summed E-state index contributed by atoms with van der Waals surface area (Å²) in [5.74, 6) is 0.720. The van der Waals surface area contributed by atoms with E-state index in [9.17, 15) is 13.2 Å². The molecule has 2 N–H and O–H groups in total. The summed E-state index contributed by atoms with van der Waals surface area (Å²) in [6.45, 7) is 12.1. The number of benzene rings is 2. The molecule has 0 spiro atoms. The van der Waals surface area contributed by atoms with Gasteiger partial charge in [-0.25, -0.2) is 13.4 Å². The van der Waals surface area contributed by atoms with Crippen LogP contribution in [0.15, 0.2) is 53.1 Å². The normalized spacial score (nSPS) is 11.7. The van der Waals surface area contributed by atoms with E-state index < -0.39 is 10.0 Å². The van der Waals surface area contributed by atoms with Gasteiger partial charge in [-0.3, -0.25) is 9.52 Å². The molecule has 0 aliphatic rings. The van der Waals surface area contributed by atoms with E-state index >= 15 is 0 Å². The lowest BCUT2D eigenvalue weighted by molar-refractivity contribution is 0.0932. The fourth-order valence-electron chi connectivity index (χ4n) is 4.76. The predicted octanol–water partition coefficient (Wildman–Crippen LogP) is 5.80.